The minimum absolute atomic E-state index is 0.158. The van der Waals surface area contributed by atoms with Crippen LogP contribution in [-0.4, -0.2) is 31.1 Å². The van der Waals surface area contributed by atoms with Crippen LogP contribution in [0.3, 0.4) is 0 Å². The first-order valence-corrected chi connectivity index (χ1v) is 6.79. The highest BCUT2D eigenvalue weighted by Gasteiger charge is 2.09. The van der Waals surface area contributed by atoms with Crippen LogP contribution in [0.25, 0.3) is 0 Å². The van der Waals surface area contributed by atoms with Crippen LogP contribution in [0.5, 0.6) is 0 Å². The maximum Gasteiger partial charge on any atom is 0.123 e. The van der Waals surface area contributed by atoms with Crippen molar-refractivity contribution in [3.63, 3.8) is 0 Å². The molecule has 0 heterocycles. The van der Waals surface area contributed by atoms with Gasteiger partial charge in [-0.15, -0.1) is 0 Å². The van der Waals surface area contributed by atoms with Crippen LogP contribution in [0.2, 0.25) is 0 Å². The third-order valence-corrected chi connectivity index (χ3v) is 3.22. The molecule has 0 fully saturated rings. The highest BCUT2D eigenvalue weighted by atomic mass is 19.1. The van der Waals surface area contributed by atoms with Gasteiger partial charge in [0.15, 0.2) is 0 Å². The lowest BCUT2D eigenvalue weighted by Gasteiger charge is -2.25. The number of benzene rings is 1. The molecule has 0 spiro atoms. The molecule has 0 saturated heterocycles. The molecule has 3 heteroatoms. The molecule has 1 aromatic carbocycles. The Kier molecular flexibility index (Phi) is 6.91. The van der Waals surface area contributed by atoms with Crippen molar-refractivity contribution in [3.8, 4) is 0 Å². The van der Waals surface area contributed by atoms with Crippen LogP contribution in [0.4, 0.5) is 4.39 Å². The van der Waals surface area contributed by atoms with E-state index in [0.717, 1.165) is 25.2 Å². The summed E-state index contributed by atoms with van der Waals surface area (Å²) in [6, 6.07) is 7.28. The minimum Gasteiger partial charge on any atom is -0.315 e. The average molecular weight is 252 g/mol. The molecule has 2 nitrogen and oxygen atoms in total. The van der Waals surface area contributed by atoms with Gasteiger partial charge in [-0.3, -0.25) is 4.90 Å². The number of hydrogen-bond acceptors (Lipinski definition) is 2. The summed E-state index contributed by atoms with van der Waals surface area (Å²) in [6.07, 6.45) is 2.45. The number of nitrogens with zero attached hydrogens (tertiary/aromatic N) is 1. The van der Waals surface area contributed by atoms with Crippen molar-refractivity contribution in [3.05, 3.63) is 35.6 Å². The molecule has 1 N–H and O–H groups in total. The van der Waals surface area contributed by atoms with Crippen molar-refractivity contribution in [2.75, 3.05) is 20.1 Å². The van der Waals surface area contributed by atoms with Crippen molar-refractivity contribution in [2.45, 2.75) is 39.3 Å². The van der Waals surface area contributed by atoms with Gasteiger partial charge in [0.05, 0.1) is 0 Å². The van der Waals surface area contributed by atoms with Gasteiger partial charge in [-0.05, 0) is 44.6 Å². The molecule has 0 radical (unpaired) electrons. The van der Waals surface area contributed by atoms with Crippen molar-refractivity contribution in [1.29, 1.82) is 0 Å². The second-order valence-corrected chi connectivity index (χ2v) is 4.95. The summed E-state index contributed by atoms with van der Waals surface area (Å²) in [5.41, 5.74) is 1.03. The Hall–Kier alpha value is -0.930. The Labute approximate surface area is 110 Å². The van der Waals surface area contributed by atoms with E-state index in [4.69, 9.17) is 0 Å². The van der Waals surface area contributed by atoms with E-state index in [9.17, 15) is 4.39 Å². The van der Waals surface area contributed by atoms with Crippen LogP contribution in [-0.2, 0) is 6.54 Å². The molecule has 1 unspecified atom stereocenters. The molecule has 1 aromatic rings. The Bertz CT molecular complexity index is 341. The summed E-state index contributed by atoms with van der Waals surface area (Å²) in [4.78, 5) is 2.24. The van der Waals surface area contributed by atoms with E-state index in [1.807, 2.05) is 6.07 Å². The van der Waals surface area contributed by atoms with Crippen LogP contribution in [0.15, 0.2) is 24.3 Å². The molecule has 102 valence electrons. The Morgan fingerprint density at radius 1 is 1.39 bits per heavy atom. The normalized spacial score (nSPS) is 12.9. The molecular formula is C15H25FN2. The van der Waals surface area contributed by atoms with E-state index in [-0.39, 0.29) is 5.82 Å². The number of unbranched alkanes of at least 4 members (excludes halogenated alkanes) is 1. The van der Waals surface area contributed by atoms with Crippen molar-refractivity contribution in [2.24, 2.45) is 0 Å². The fraction of sp³-hybridized carbons (Fsp3) is 0.600. The molecule has 0 aliphatic rings. The first-order valence-electron chi connectivity index (χ1n) is 6.79. The lowest BCUT2D eigenvalue weighted by atomic mass is 10.2. The van der Waals surface area contributed by atoms with Crippen molar-refractivity contribution < 1.29 is 4.39 Å². The lowest BCUT2D eigenvalue weighted by Crippen LogP contribution is -2.37. The number of hydrogen-bond donors (Lipinski definition) is 1. The Morgan fingerprint density at radius 2 is 2.17 bits per heavy atom. The molecule has 0 aromatic heterocycles. The van der Waals surface area contributed by atoms with Gasteiger partial charge >= 0.3 is 0 Å². The van der Waals surface area contributed by atoms with Gasteiger partial charge in [-0.1, -0.05) is 25.5 Å². The van der Waals surface area contributed by atoms with E-state index < -0.39 is 0 Å². The fourth-order valence-electron chi connectivity index (χ4n) is 1.85. The quantitative estimate of drug-likeness (QED) is 0.715. The zero-order valence-corrected chi connectivity index (χ0v) is 11.7. The fourth-order valence-corrected chi connectivity index (χ4v) is 1.85. The standard InChI is InChI=1S/C15H25FN2/c1-4-5-9-17-11-13(2)18(3)12-14-7-6-8-15(16)10-14/h6-8,10,13,17H,4-5,9,11-12H2,1-3H3. The average Bonchev–Trinajstić information content (AvgIpc) is 2.34. The first kappa shape index (κ1) is 15.1. The molecule has 0 amide bonds. The summed E-state index contributed by atoms with van der Waals surface area (Å²) >= 11 is 0. The SMILES string of the molecule is CCCCNCC(C)N(C)Cc1cccc(F)c1. The summed E-state index contributed by atoms with van der Waals surface area (Å²) < 4.78 is 13.1. The summed E-state index contributed by atoms with van der Waals surface area (Å²) in [6.45, 7) is 7.23. The summed E-state index contributed by atoms with van der Waals surface area (Å²) in [5.74, 6) is -0.158. The summed E-state index contributed by atoms with van der Waals surface area (Å²) in [5, 5.41) is 3.45. The molecule has 0 aliphatic heterocycles. The van der Waals surface area contributed by atoms with Crippen molar-refractivity contribution in [1.82, 2.24) is 10.2 Å². The van der Waals surface area contributed by atoms with Gasteiger partial charge in [0, 0.05) is 19.1 Å². The van der Waals surface area contributed by atoms with Gasteiger partial charge in [0.25, 0.3) is 0 Å². The van der Waals surface area contributed by atoms with E-state index >= 15 is 0 Å². The second-order valence-electron chi connectivity index (χ2n) is 4.95. The van der Waals surface area contributed by atoms with Crippen LogP contribution in [0, 0.1) is 5.82 Å². The van der Waals surface area contributed by atoms with Crippen LogP contribution in [0.1, 0.15) is 32.3 Å². The van der Waals surface area contributed by atoms with E-state index in [1.54, 1.807) is 12.1 Å². The highest BCUT2D eigenvalue weighted by molar-refractivity contribution is 5.16. The number of halogens is 1. The Morgan fingerprint density at radius 3 is 2.83 bits per heavy atom. The third-order valence-electron chi connectivity index (χ3n) is 3.22. The first-order chi connectivity index (χ1) is 8.63. The second kappa shape index (κ2) is 8.22. The molecule has 1 atom stereocenters. The zero-order valence-electron chi connectivity index (χ0n) is 11.7. The van der Waals surface area contributed by atoms with Crippen molar-refractivity contribution >= 4 is 0 Å². The maximum absolute atomic E-state index is 13.1. The topological polar surface area (TPSA) is 15.3 Å². The highest BCUT2D eigenvalue weighted by Crippen LogP contribution is 2.08. The zero-order chi connectivity index (χ0) is 13.4. The van der Waals surface area contributed by atoms with Crippen LogP contribution < -0.4 is 5.32 Å². The molecule has 0 bridgehead atoms. The number of rotatable bonds is 8. The predicted molar refractivity (Wildman–Crippen MR) is 75.1 cm³/mol. The largest absolute Gasteiger partial charge is 0.315 e. The lowest BCUT2D eigenvalue weighted by molar-refractivity contribution is 0.242. The van der Waals surface area contributed by atoms with E-state index in [1.165, 1.54) is 18.9 Å². The molecular weight excluding hydrogens is 227 g/mol. The predicted octanol–water partition coefficient (Wildman–Crippen LogP) is 3.04. The van der Waals surface area contributed by atoms with Gasteiger partial charge in [0.1, 0.15) is 5.82 Å². The molecule has 0 aliphatic carbocycles. The number of nitrogens with one attached hydrogen (secondary N) is 1. The summed E-state index contributed by atoms with van der Waals surface area (Å²) in [7, 11) is 2.08. The molecule has 1 rings (SSSR count). The van der Waals surface area contributed by atoms with E-state index in [2.05, 4.69) is 31.1 Å². The monoisotopic (exact) mass is 252 g/mol. The number of likely N-dealkylation sites (N-methyl/N-ethyl adjacent to an activating group) is 1. The Balaban J connectivity index is 2.33. The van der Waals surface area contributed by atoms with Gasteiger partial charge in [-0.25, -0.2) is 4.39 Å². The third kappa shape index (κ3) is 5.61. The van der Waals surface area contributed by atoms with Crippen LogP contribution >= 0.6 is 0 Å². The molecule has 18 heavy (non-hydrogen) atoms. The minimum atomic E-state index is -0.158. The van der Waals surface area contributed by atoms with Gasteiger partial charge in [0.2, 0.25) is 0 Å². The smallest absolute Gasteiger partial charge is 0.123 e. The maximum atomic E-state index is 13.1. The van der Waals surface area contributed by atoms with Gasteiger partial charge < -0.3 is 5.32 Å². The van der Waals surface area contributed by atoms with E-state index in [0.29, 0.717) is 6.04 Å². The molecule has 0 saturated carbocycles. The van der Waals surface area contributed by atoms with Gasteiger partial charge in [-0.2, -0.15) is 0 Å².